The van der Waals surface area contributed by atoms with Crippen LogP contribution >= 0.6 is 0 Å². The first-order chi connectivity index (χ1) is 19.2. The number of aromatic hydroxyl groups is 2. The molecule has 0 spiro atoms. The van der Waals surface area contributed by atoms with Crippen molar-refractivity contribution in [1.29, 1.82) is 0 Å². The minimum Gasteiger partial charge on any atom is -0.507 e. The number of rotatable bonds is 9. The molecule has 0 saturated carbocycles. The zero-order valence-electron chi connectivity index (χ0n) is 20.6. The van der Waals surface area contributed by atoms with Gasteiger partial charge in [-0.2, -0.15) is 25.2 Å². The molecular weight excluding hydrogens is 492 g/mol. The van der Waals surface area contributed by atoms with Crippen LogP contribution in [-0.2, 0) is 0 Å². The van der Waals surface area contributed by atoms with Crippen LogP contribution in [0.3, 0.4) is 0 Å². The highest BCUT2D eigenvalue weighted by Gasteiger charge is 2.17. The van der Waals surface area contributed by atoms with E-state index in [1.54, 1.807) is 48.5 Å². The fraction of sp³-hybridized carbons (Fsp3) is 0. The van der Waals surface area contributed by atoms with Gasteiger partial charge >= 0.3 is 0 Å². The Labute approximate surface area is 224 Å². The minimum atomic E-state index is 0.0968. The number of para-hydroxylation sites is 4. The van der Waals surface area contributed by atoms with Crippen LogP contribution in [-0.4, -0.2) is 37.6 Å². The SMILES string of the molecule is Oc1ccccc1/C=N\Nc1nc(N/N=C\c2ccccc2O)nc(N(c2ccccc2)c2ccccc2)n1. The molecule has 0 saturated heterocycles. The van der Waals surface area contributed by atoms with Crippen LogP contribution < -0.4 is 15.8 Å². The summed E-state index contributed by atoms with van der Waals surface area (Å²) in [5.41, 5.74) is 8.35. The predicted octanol–water partition coefficient (Wildman–Crippen LogP) is 5.64. The van der Waals surface area contributed by atoms with Crippen molar-refractivity contribution >= 4 is 41.6 Å². The number of hydrazone groups is 2. The van der Waals surface area contributed by atoms with E-state index in [1.165, 1.54) is 12.4 Å². The molecule has 4 aromatic carbocycles. The Bertz CT molecular complexity index is 1480. The van der Waals surface area contributed by atoms with Gasteiger partial charge in [0.05, 0.1) is 12.4 Å². The molecule has 0 fully saturated rings. The van der Waals surface area contributed by atoms with E-state index in [4.69, 9.17) is 0 Å². The second-order valence-corrected chi connectivity index (χ2v) is 8.15. The zero-order chi connectivity index (χ0) is 26.9. The third-order valence-corrected chi connectivity index (χ3v) is 5.46. The van der Waals surface area contributed by atoms with Crippen LogP contribution in [0.15, 0.2) is 119 Å². The van der Waals surface area contributed by atoms with E-state index in [2.05, 4.69) is 36.0 Å². The van der Waals surface area contributed by atoms with Crippen LogP contribution in [0.1, 0.15) is 11.1 Å². The molecule has 0 aliphatic rings. The molecular formula is C29H24N8O2. The standard InChI is InChI=1S/C29H24N8O2/c38-25-17-9-7-11-21(25)19-30-35-27-32-28(36-31-20-22-12-8-10-18-26(22)39)34-29(33-27)37(23-13-3-1-4-14-23)24-15-5-2-6-16-24/h1-20,38-39H,(H2,32,33,34,35,36)/b30-19-,31-20-. The largest absolute Gasteiger partial charge is 0.507 e. The lowest BCUT2D eigenvalue weighted by Crippen LogP contribution is -2.16. The lowest BCUT2D eigenvalue weighted by molar-refractivity contribution is 0.474. The van der Waals surface area contributed by atoms with E-state index in [0.717, 1.165) is 11.4 Å². The van der Waals surface area contributed by atoms with Crippen LogP contribution in [0, 0.1) is 0 Å². The zero-order valence-corrected chi connectivity index (χ0v) is 20.6. The summed E-state index contributed by atoms with van der Waals surface area (Å²) in [4.78, 5) is 15.5. The number of phenols is 2. The molecule has 0 radical (unpaired) electrons. The number of hydrogen-bond donors (Lipinski definition) is 4. The fourth-order valence-electron chi connectivity index (χ4n) is 3.61. The van der Waals surface area contributed by atoms with Crippen molar-refractivity contribution in [2.24, 2.45) is 10.2 Å². The summed E-state index contributed by atoms with van der Waals surface area (Å²) in [6.07, 6.45) is 2.93. The summed E-state index contributed by atoms with van der Waals surface area (Å²) in [5, 5.41) is 28.4. The van der Waals surface area contributed by atoms with Gasteiger partial charge in [0, 0.05) is 22.5 Å². The van der Waals surface area contributed by atoms with Gasteiger partial charge in [-0.3, -0.25) is 4.90 Å². The lowest BCUT2D eigenvalue weighted by atomic mass is 10.2. The van der Waals surface area contributed by atoms with Gasteiger partial charge in [0.2, 0.25) is 17.8 Å². The fourth-order valence-corrected chi connectivity index (χ4v) is 3.61. The highest BCUT2D eigenvalue weighted by molar-refractivity contribution is 5.84. The molecule has 0 atom stereocenters. The van der Waals surface area contributed by atoms with Crippen LogP contribution in [0.5, 0.6) is 11.5 Å². The molecule has 5 aromatic rings. The van der Waals surface area contributed by atoms with Gasteiger partial charge < -0.3 is 10.2 Å². The number of phenolic OH excluding ortho intramolecular Hbond substituents is 2. The maximum atomic E-state index is 10.0. The molecule has 0 amide bonds. The lowest BCUT2D eigenvalue weighted by Gasteiger charge is -2.23. The third-order valence-electron chi connectivity index (χ3n) is 5.46. The van der Waals surface area contributed by atoms with Crippen LogP contribution in [0.4, 0.5) is 29.2 Å². The Morgan fingerprint density at radius 3 is 1.38 bits per heavy atom. The second kappa shape index (κ2) is 12.0. The summed E-state index contributed by atoms with van der Waals surface area (Å²) >= 11 is 0. The average molecular weight is 517 g/mol. The molecule has 192 valence electrons. The average Bonchev–Trinajstić information content (AvgIpc) is 2.96. The summed E-state index contributed by atoms with van der Waals surface area (Å²) < 4.78 is 0. The second-order valence-electron chi connectivity index (χ2n) is 8.15. The molecule has 39 heavy (non-hydrogen) atoms. The minimum absolute atomic E-state index is 0.0968. The van der Waals surface area contributed by atoms with Crippen LogP contribution in [0.25, 0.3) is 0 Å². The van der Waals surface area contributed by atoms with Gasteiger partial charge in [0.25, 0.3) is 0 Å². The van der Waals surface area contributed by atoms with Gasteiger partial charge in [-0.25, -0.2) is 10.9 Å². The third kappa shape index (κ3) is 6.33. The molecule has 10 heteroatoms. The molecule has 1 aromatic heterocycles. The van der Waals surface area contributed by atoms with Gasteiger partial charge in [-0.1, -0.05) is 60.7 Å². The van der Waals surface area contributed by atoms with Crippen molar-refractivity contribution in [1.82, 2.24) is 15.0 Å². The van der Waals surface area contributed by atoms with Crippen molar-refractivity contribution < 1.29 is 10.2 Å². The maximum Gasteiger partial charge on any atom is 0.250 e. The molecule has 0 unspecified atom stereocenters. The van der Waals surface area contributed by atoms with E-state index >= 15 is 0 Å². The van der Waals surface area contributed by atoms with Gasteiger partial charge in [0.15, 0.2) is 0 Å². The number of benzene rings is 4. The van der Waals surface area contributed by atoms with Crippen molar-refractivity contribution in [3.05, 3.63) is 120 Å². The van der Waals surface area contributed by atoms with Crippen molar-refractivity contribution in [2.75, 3.05) is 15.8 Å². The van der Waals surface area contributed by atoms with Gasteiger partial charge in [0.1, 0.15) is 11.5 Å². The first-order valence-electron chi connectivity index (χ1n) is 12.0. The Balaban J connectivity index is 1.51. The maximum absolute atomic E-state index is 10.0. The molecule has 10 nitrogen and oxygen atoms in total. The number of aromatic nitrogens is 3. The highest BCUT2D eigenvalue weighted by Crippen LogP contribution is 2.32. The first kappa shape index (κ1) is 24.9. The van der Waals surface area contributed by atoms with Crippen molar-refractivity contribution in [2.45, 2.75) is 0 Å². The summed E-state index contributed by atoms with van der Waals surface area (Å²) in [6.45, 7) is 0. The van der Waals surface area contributed by atoms with E-state index in [0.29, 0.717) is 17.1 Å². The molecule has 1 heterocycles. The number of nitrogens with zero attached hydrogens (tertiary/aromatic N) is 6. The first-order valence-corrected chi connectivity index (χ1v) is 12.0. The van der Waals surface area contributed by atoms with E-state index < -0.39 is 0 Å². The monoisotopic (exact) mass is 516 g/mol. The Kier molecular flexibility index (Phi) is 7.65. The Morgan fingerprint density at radius 1 is 0.538 bits per heavy atom. The molecule has 4 N–H and O–H groups in total. The Morgan fingerprint density at radius 2 is 0.949 bits per heavy atom. The smallest absolute Gasteiger partial charge is 0.250 e. The van der Waals surface area contributed by atoms with Crippen LogP contribution in [0.2, 0.25) is 0 Å². The molecule has 5 rings (SSSR count). The predicted molar refractivity (Wildman–Crippen MR) is 153 cm³/mol. The van der Waals surface area contributed by atoms with E-state index in [9.17, 15) is 10.2 Å². The quantitative estimate of drug-likeness (QED) is 0.146. The molecule has 0 aliphatic heterocycles. The van der Waals surface area contributed by atoms with Crippen molar-refractivity contribution in [3.8, 4) is 11.5 Å². The van der Waals surface area contributed by atoms with Gasteiger partial charge in [-0.05, 0) is 48.5 Å². The highest BCUT2D eigenvalue weighted by atomic mass is 16.3. The van der Waals surface area contributed by atoms with E-state index in [-0.39, 0.29) is 23.4 Å². The normalized spacial score (nSPS) is 11.1. The van der Waals surface area contributed by atoms with E-state index in [1.807, 2.05) is 65.6 Å². The molecule has 0 bridgehead atoms. The summed E-state index contributed by atoms with van der Waals surface area (Å²) in [6, 6.07) is 33.0. The topological polar surface area (TPSA) is 131 Å². The number of hydrogen-bond acceptors (Lipinski definition) is 10. The Hall–Kier alpha value is -5.77. The summed E-state index contributed by atoms with van der Waals surface area (Å²) in [7, 11) is 0. The van der Waals surface area contributed by atoms with Crippen molar-refractivity contribution in [3.63, 3.8) is 0 Å². The number of nitrogens with one attached hydrogen (secondary N) is 2. The molecule has 0 aliphatic carbocycles. The number of anilines is 5. The van der Waals surface area contributed by atoms with Gasteiger partial charge in [-0.15, -0.1) is 0 Å². The summed E-state index contributed by atoms with van der Waals surface area (Å²) in [5.74, 6) is 0.787.